The average Bonchev–Trinajstić information content (AvgIpc) is 2.28. The number of carbonyl (C=O) groups excluding carboxylic acids is 1. The van der Waals surface area contributed by atoms with E-state index in [0.29, 0.717) is 12.1 Å². The van der Waals surface area contributed by atoms with E-state index in [-0.39, 0.29) is 12.5 Å². The van der Waals surface area contributed by atoms with Gasteiger partial charge in [-0.3, -0.25) is 4.79 Å². The smallest absolute Gasteiger partial charge is 0.251 e. The average molecular weight is 217 g/mol. The first kappa shape index (κ1) is 12.3. The van der Waals surface area contributed by atoms with Crippen molar-refractivity contribution in [3.63, 3.8) is 0 Å². The molecule has 0 aliphatic carbocycles. The molecule has 0 aromatic heterocycles. The summed E-state index contributed by atoms with van der Waals surface area (Å²) in [6.07, 6.45) is 0. The largest absolute Gasteiger partial charge is 0.384 e. The predicted molar refractivity (Wildman–Crippen MR) is 63.2 cm³/mol. The standard InChI is InChI=1S/C13H15NO2/c1-3-14-13(16)12-7-6-10(2)11(9-12)5-4-8-15/h6-7,9,15H,3,8H2,1-2H3,(H,14,16). The maximum absolute atomic E-state index is 11.6. The normalized spacial score (nSPS) is 9.19. The van der Waals surface area contributed by atoms with E-state index in [4.69, 9.17) is 5.11 Å². The summed E-state index contributed by atoms with van der Waals surface area (Å²) in [6, 6.07) is 5.36. The van der Waals surface area contributed by atoms with E-state index >= 15 is 0 Å². The lowest BCUT2D eigenvalue weighted by molar-refractivity contribution is 0.0956. The Morgan fingerprint density at radius 3 is 2.88 bits per heavy atom. The molecule has 0 unspecified atom stereocenters. The molecule has 3 heteroatoms. The van der Waals surface area contributed by atoms with Gasteiger partial charge in [-0.25, -0.2) is 0 Å². The van der Waals surface area contributed by atoms with Gasteiger partial charge in [0.25, 0.3) is 5.91 Å². The first-order valence-electron chi connectivity index (χ1n) is 5.17. The summed E-state index contributed by atoms with van der Waals surface area (Å²) in [5.41, 5.74) is 2.36. The third kappa shape index (κ3) is 3.11. The zero-order chi connectivity index (χ0) is 12.0. The van der Waals surface area contributed by atoms with Crippen LogP contribution < -0.4 is 5.32 Å². The van der Waals surface area contributed by atoms with E-state index in [9.17, 15) is 4.79 Å². The van der Waals surface area contributed by atoms with E-state index in [0.717, 1.165) is 11.1 Å². The summed E-state index contributed by atoms with van der Waals surface area (Å²) < 4.78 is 0. The lowest BCUT2D eigenvalue weighted by Gasteiger charge is -2.04. The molecule has 0 saturated heterocycles. The Bertz CT molecular complexity index is 441. The summed E-state index contributed by atoms with van der Waals surface area (Å²) in [7, 11) is 0. The van der Waals surface area contributed by atoms with Crippen molar-refractivity contribution in [2.24, 2.45) is 0 Å². The molecule has 1 aromatic carbocycles. The number of hydrogen-bond acceptors (Lipinski definition) is 2. The van der Waals surface area contributed by atoms with E-state index in [1.54, 1.807) is 12.1 Å². The van der Waals surface area contributed by atoms with Crippen LogP contribution in [0.2, 0.25) is 0 Å². The van der Waals surface area contributed by atoms with Crippen molar-refractivity contribution in [3.05, 3.63) is 34.9 Å². The molecule has 0 fully saturated rings. The Balaban J connectivity index is 3.02. The van der Waals surface area contributed by atoms with E-state index in [1.807, 2.05) is 19.9 Å². The molecule has 84 valence electrons. The molecule has 0 aliphatic heterocycles. The van der Waals surface area contributed by atoms with Gasteiger partial charge in [-0.15, -0.1) is 0 Å². The van der Waals surface area contributed by atoms with Crippen molar-refractivity contribution < 1.29 is 9.90 Å². The lowest BCUT2D eigenvalue weighted by atomic mass is 10.0. The van der Waals surface area contributed by atoms with Gasteiger partial charge in [0.1, 0.15) is 6.61 Å². The Morgan fingerprint density at radius 1 is 1.50 bits per heavy atom. The fourth-order valence-corrected chi connectivity index (χ4v) is 1.30. The van der Waals surface area contributed by atoms with Crippen molar-refractivity contribution in [1.82, 2.24) is 5.32 Å². The van der Waals surface area contributed by atoms with Crippen LogP contribution in [0.15, 0.2) is 18.2 Å². The van der Waals surface area contributed by atoms with Gasteiger partial charge in [0.15, 0.2) is 0 Å². The molecular formula is C13H15NO2. The van der Waals surface area contributed by atoms with Crippen LogP contribution in [0.5, 0.6) is 0 Å². The number of carbonyl (C=O) groups is 1. The third-order valence-electron chi connectivity index (χ3n) is 2.14. The number of aryl methyl sites for hydroxylation is 1. The summed E-state index contributed by atoms with van der Waals surface area (Å²) in [5, 5.41) is 11.4. The van der Waals surface area contributed by atoms with Crippen LogP contribution in [0.1, 0.15) is 28.4 Å². The number of nitrogens with one attached hydrogen (secondary N) is 1. The molecule has 1 aromatic rings. The molecule has 0 spiro atoms. The zero-order valence-corrected chi connectivity index (χ0v) is 9.50. The molecule has 0 aliphatic rings. The summed E-state index contributed by atoms with van der Waals surface area (Å²) >= 11 is 0. The van der Waals surface area contributed by atoms with Crippen LogP contribution in [-0.2, 0) is 0 Å². The van der Waals surface area contributed by atoms with Crippen LogP contribution in [0.3, 0.4) is 0 Å². The maximum atomic E-state index is 11.6. The van der Waals surface area contributed by atoms with Gasteiger partial charge in [-0.2, -0.15) is 0 Å². The van der Waals surface area contributed by atoms with Crippen LogP contribution in [0.4, 0.5) is 0 Å². The predicted octanol–water partition coefficient (Wildman–Crippen LogP) is 1.09. The highest BCUT2D eigenvalue weighted by Crippen LogP contribution is 2.10. The highest BCUT2D eigenvalue weighted by molar-refractivity contribution is 5.94. The van der Waals surface area contributed by atoms with Gasteiger partial charge in [0, 0.05) is 17.7 Å². The maximum Gasteiger partial charge on any atom is 0.251 e. The second-order valence-corrected chi connectivity index (χ2v) is 3.35. The van der Waals surface area contributed by atoms with Gasteiger partial charge in [0.2, 0.25) is 0 Å². The fraction of sp³-hybridized carbons (Fsp3) is 0.308. The van der Waals surface area contributed by atoms with Gasteiger partial charge in [-0.1, -0.05) is 17.9 Å². The van der Waals surface area contributed by atoms with E-state index in [2.05, 4.69) is 17.2 Å². The first-order valence-corrected chi connectivity index (χ1v) is 5.17. The van der Waals surface area contributed by atoms with E-state index < -0.39 is 0 Å². The molecule has 0 heterocycles. The molecule has 0 atom stereocenters. The lowest BCUT2D eigenvalue weighted by Crippen LogP contribution is -2.22. The monoisotopic (exact) mass is 217 g/mol. The molecule has 1 rings (SSSR count). The molecular weight excluding hydrogens is 202 g/mol. The number of benzene rings is 1. The number of aliphatic hydroxyl groups excluding tert-OH is 1. The molecule has 0 radical (unpaired) electrons. The molecule has 1 amide bonds. The number of rotatable bonds is 2. The topological polar surface area (TPSA) is 49.3 Å². The van der Waals surface area contributed by atoms with Gasteiger partial charge in [-0.05, 0) is 31.5 Å². The number of amides is 1. The van der Waals surface area contributed by atoms with Crippen molar-refractivity contribution in [2.45, 2.75) is 13.8 Å². The number of aliphatic hydroxyl groups is 1. The van der Waals surface area contributed by atoms with Crippen molar-refractivity contribution in [1.29, 1.82) is 0 Å². The van der Waals surface area contributed by atoms with Crippen LogP contribution in [-0.4, -0.2) is 24.2 Å². The summed E-state index contributed by atoms with van der Waals surface area (Å²) in [4.78, 5) is 11.6. The zero-order valence-electron chi connectivity index (χ0n) is 9.50. The van der Waals surface area contributed by atoms with Crippen LogP contribution in [0.25, 0.3) is 0 Å². The van der Waals surface area contributed by atoms with Gasteiger partial charge >= 0.3 is 0 Å². The fourth-order valence-electron chi connectivity index (χ4n) is 1.30. The Labute approximate surface area is 95.5 Å². The summed E-state index contributed by atoms with van der Waals surface area (Å²) in [5.74, 6) is 5.30. The van der Waals surface area contributed by atoms with Crippen molar-refractivity contribution in [3.8, 4) is 11.8 Å². The first-order chi connectivity index (χ1) is 7.69. The van der Waals surface area contributed by atoms with Crippen LogP contribution in [0, 0.1) is 18.8 Å². The summed E-state index contributed by atoms with van der Waals surface area (Å²) in [6.45, 7) is 4.22. The molecule has 0 bridgehead atoms. The minimum atomic E-state index is -0.176. The molecule has 16 heavy (non-hydrogen) atoms. The Morgan fingerprint density at radius 2 is 2.25 bits per heavy atom. The van der Waals surface area contributed by atoms with E-state index in [1.165, 1.54) is 0 Å². The van der Waals surface area contributed by atoms with Crippen molar-refractivity contribution in [2.75, 3.05) is 13.2 Å². The van der Waals surface area contributed by atoms with Gasteiger partial charge < -0.3 is 10.4 Å². The minimum Gasteiger partial charge on any atom is -0.384 e. The van der Waals surface area contributed by atoms with Crippen LogP contribution >= 0.6 is 0 Å². The molecule has 3 nitrogen and oxygen atoms in total. The molecule has 0 saturated carbocycles. The second kappa shape index (κ2) is 5.94. The van der Waals surface area contributed by atoms with Gasteiger partial charge in [0.05, 0.1) is 0 Å². The van der Waals surface area contributed by atoms with Crippen molar-refractivity contribution >= 4 is 5.91 Å². The quantitative estimate of drug-likeness (QED) is 0.728. The third-order valence-corrected chi connectivity index (χ3v) is 2.14. The Kier molecular flexibility index (Phi) is 4.56. The highest BCUT2D eigenvalue weighted by atomic mass is 16.2. The SMILES string of the molecule is CCNC(=O)c1ccc(C)c(C#CCO)c1. The second-order valence-electron chi connectivity index (χ2n) is 3.35. The molecule has 2 N–H and O–H groups in total. The number of hydrogen-bond donors (Lipinski definition) is 2. The highest BCUT2D eigenvalue weighted by Gasteiger charge is 2.05. The Hall–Kier alpha value is -1.79. The minimum absolute atomic E-state index is 0.102.